The van der Waals surface area contributed by atoms with Gasteiger partial charge in [-0.05, 0) is 110 Å². The largest absolute Gasteiger partial charge is 0.311 e. The molecule has 0 aliphatic carbocycles. The first kappa shape index (κ1) is 29.9. The standard InChI is InChI=1S/C48H33NS/c1-2-8-34(9-3-1)37-20-26-44(27-21-37)49(46-30-24-39(25-31-46)42-19-16-35-10-4-5-11-41(35)32-42)45-28-22-38(23-29-45)36-14-17-40(18-15-36)48-33-43-12-6-7-13-47(43)50-48/h1-33H. The van der Waals surface area contributed by atoms with Crippen molar-refractivity contribution in [3.05, 3.63) is 200 Å². The molecule has 0 bridgehead atoms. The molecule has 1 aromatic heterocycles. The zero-order valence-corrected chi connectivity index (χ0v) is 28.2. The van der Waals surface area contributed by atoms with Gasteiger partial charge in [-0.2, -0.15) is 0 Å². The molecule has 0 atom stereocenters. The second-order valence-corrected chi connectivity index (χ2v) is 13.7. The van der Waals surface area contributed by atoms with E-state index in [1.54, 1.807) is 0 Å². The van der Waals surface area contributed by atoms with Gasteiger partial charge in [0.1, 0.15) is 0 Å². The van der Waals surface area contributed by atoms with Crippen molar-refractivity contribution in [3.8, 4) is 43.8 Å². The van der Waals surface area contributed by atoms with Gasteiger partial charge >= 0.3 is 0 Å². The van der Waals surface area contributed by atoms with E-state index < -0.39 is 0 Å². The van der Waals surface area contributed by atoms with Crippen LogP contribution < -0.4 is 4.90 Å². The van der Waals surface area contributed by atoms with Gasteiger partial charge in [0, 0.05) is 26.6 Å². The average Bonchev–Trinajstić information content (AvgIpc) is 3.64. The highest BCUT2D eigenvalue weighted by Crippen LogP contribution is 2.39. The van der Waals surface area contributed by atoms with Crippen LogP contribution in [0.5, 0.6) is 0 Å². The Bertz CT molecular complexity index is 2510. The van der Waals surface area contributed by atoms with Crippen LogP contribution >= 0.6 is 11.3 Å². The molecule has 0 aliphatic rings. The number of fused-ring (bicyclic) bond motifs is 2. The lowest BCUT2D eigenvalue weighted by Crippen LogP contribution is -2.09. The van der Waals surface area contributed by atoms with Gasteiger partial charge in [0.15, 0.2) is 0 Å². The molecule has 0 amide bonds. The summed E-state index contributed by atoms with van der Waals surface area (Å²) in [6.45, 7) is 0. The van der Waals surface area contributed by atoms with E-state index in [2.05, 4.69) is 205 Å². The van der Waals surface area contributed by atoms with Crippen LogP contribution in [0, 0.1) is 0 Å². The molecule has 0 aliphatic heterocycles. The fraction of sp³-hybridized carbons (Fsp3) is 0. The molecule has 0 fully saturated rings. The molecule has 1 nitrogen and oxygen atoms in total. The molecular formula is C48H33NS. The Morgan fingerprint density at radius 3 is 1.28 bits per heavy atom. The Hall–Kier alpha value is -6.22. The molecule has 0 saturated carbocycles. The molecule has 50 heavy (non-hydrogen) atoms. The Morgan fingerprint density at radius 1 is 0.280 bits per heavy atom. The average molecular weight is 656 g/mol. The first-order valence-electron chi connectivity index (χ1n) is 17.0. The van der Waals surface area contributed by atoms with Crippen molar-refractivity contribution < 1.29 is 0 Å². The maximum Gasteiger partial charge on any atom is 0.0462 e. The molecule has 0 radical (unpaired) electrons. The van der Waals surface area contributed by atoms with E-state index in [4.69, 9.17) is 0 Å². The van der Waals surface area contributed by atoms with Crippen LogP contribution in [0.4, 0.5) is 17.1 Å². The van der Waals surface area contributed by atoms with Gasteiger partial charge in [0.25, 0.3) is 0 Å². The van der Waals surface area contributed by atoms with Crippen LogP contribution in [-0.2, 0) is 0 Å². The Morgan fingerprint density at radius 2 is 0.700 bits per heavy atom. The van der Waals surface area contributed by atoms with Crippen molar-refractivity contribution in [2.45, 2.75) is 0 Å². The zero-order chi connectivity index (χ0) is 33.3. The van der Waals surface area contributed by atoms with E-state index in [9.17, 15) is 0 Å². The summed E-state index contributed by atoms with van der Waals surface area (Å²) in [5.74, 6) is 0. The van der Waals surface area contributed by atoms with Crippen LogP contribution in [0.25, 0.3) is 64.7 Å². The van der Waals surface area contributed by atoms with Crippen molar-refractivity contribution in [1.82, 2.24) is 0 Å². The topological polar surface area (TPSA) is 3.24 Å². The normalized spacial score (nSPS) is 11.2. The third-order valence-electron chi connectivity index (χ3n) is 9.49. The zero-order valence-electron chi connectivity index (χ0n) is 27.4. The summed E-state index contributed by atoms with van der Waals surface area (Å²) in [7, 11) is 0. The summed E-state index contributed by atoms with van der Waals surface area (Å²) < 4.78 is 1.32. The Labute approximate surface area is 297 Å². The van der Waals surface area contributed by atoms with Crippen LogP contribution in [-0.4, -0.2) is 0 Å². The highest BCUT2D eigenvalue weighted by Gasteiger charge is 2.14. The summed E-state index contributed by atoms with van der Waals surface area (Å²) in [6.07, 6.45) is 0. The van der Waals surface area contributed by atoms with Crippen molar-refractivity contribution in [2.75, 3.05) is 4.90 Å². The SMILES string of the molecule is c1ccc(-c2ccc(N(c3ccc(-c4ccc(-c5cc6ccccc6s5)cc4)cc3)c3ccc(-c4ccc5ccccc5c4)cc3)cc2)cc1. The lowest BCUT2D eigenvalue weighted by atomic mass is 10.0. The number of rotatable bonds is 7. The summed E-state index contributed by atoms with van der Waals surface area (Å²) in [6, 6.07) is 72.4. The summed E-state index contributed by atoms with van der Waals surface area (Å²) >= 11 is 1.85. The highest BCUT2D eigenvalue weighted by molar-refractivity contribution is 7.22. The molecule has 2 heteroatoms. The highest BCUT2D eigenvalue weighted by atomic mass is 32.1. The summed E-state index contributed by atoms with van der Waals surface area (Å²) in [5.41, 5.74) is 11.8. The van der Waals surface area contributed by atoms with E-state index in [-0.39, 0.29) is 0 Å². The van der Waals surface area contributed by atoms with Crippen LogP contribution in [0.1, 0.15) is 0 Å². The number of anilines is 3. The van der Waals surface area contributed by atoms with E-state index >= 15 is 0 Å². The third-order valence-corrected chi connectivity index (χ3v) is 10.7. The van der Waals surface area contributed by atoms with Crippen LogP contribution in [0.3, 0.4) is 0 Å². The molecule has 9 aromatic rings. The maximum absolute atomic E-state index is 2.34. The number of hydrogen-bond donors (Lipinski definition) is 0. The smallest absolute Gasteiger partial charge is 0.0462 e. The lowest BCUT2D eigenvalue weighted by molar-refractivity contribution is 1.28. The number of nitrogens with zero attached hydrogens (tertiary/aromatic N) is 1. The van der Waals surface area contributed by atoms with E-state index in [0.29, 0.717) is 0 Å². The Kier molecular flexibility index (Phi) is 7.77. The monoisotopic (exact) mass is 655 g/mol. The van der Waals surface area contributed by atoms with Gasteiger partial charge in [0.2, 0.25) is 0 Å². The van der Waals surface area contributed by atoms with Crippen molar-refractivity contribution in [2.24, 2.45) is 0 Å². The van der Waals surface area contributed by atoms with Crippen molar-refractivity contribution in [3.63, 3.8) is 0 Å². The molecular weight excluding hydrogens is 623 g/mol. The molecule has 9 rings (SSSR count). The minimum absolute atomic E-state index is 1.11. The van der Waals surface area contributed by atoms with E-state index in [0.717, 1.165) is 17.1 Å². The fourth-order valence-corrected chi connectivity index (χ4v) is 7.87. The third kappa shape index (κ3) is 5.87. The second-order valence-electron chi connectivity index (χ2n) is 12.6. The molecule has 236 valence electrons. The van der Waals surface area contributed by atoms with Gasteiger partial charge in [0.05, 0.1) is 0 Å². The molecule has 1 heterocycles. The van der Waals surface area contributed by atoms with Gasteiger partial charge in [-0.15, -0.1) is 11.3 Å². The minimum Gasteiger partial charge on any atom is -0.311 e. The quantitative estimate of drug-likeness (QED) is 0.165. The first-order chi connectivity index (χ1) is 24.7. The molecule has 0 spiro atoms. The number of hydrogen-bond acceptors (Lipinski definition) is 2. The fourth-order valence-electron chi connectivity index (χ4n) is 6.81. The molecule has 0 unspecified atom stereocenters. The summed E-state index contributed by atoms with van der Waals surface area (Å²) in [4.78, 5) is 3.64. The van der Waals surface area contributed by atoms with Gasteiger partial charge < -0.3 is 4.90 Å². The van der Waals surface area contributed by atoms with Crippen LogP contribution in [0.2, 0.25) is 0 Å². The lowest BCUT2D eigenvalue weighted by Gasteiger charge is -2.26. The maximum atomic E-state index is 2.34. The number of thiophene rings is 1. The number of benzene rings is 8. The summed E-state index contributed by atoms with van der Waals surface area (Å²) in [5, 5.41) is 3.81. The van der Waals surface area contributed by atoms with Gasteiger partial charge in [-0.25, -0.2) is 0 Å². The van der Waals surface area contributed by atoms with E-state index in [1.807, 2.05) is 11.3 Å². The van der Waals surface area contributed by atoms with Gasteiger partial charge in [-0.3, -0.25) is 0 Å². The predicted octanol–water partition coefficient (Wildman–Crippen LogP) is 14.2. The minimum atomic E-state index is 1.11. The second kappa shape index (κ2) is 13.0. The predicted molar refractivity (Wildman–Crippen MR) is 216 cm³/mol. The Balaban J connectivity index is 1.04. The van der Waals surface area contributed by atoms with Crippen molar-refractivity contribution >= 4 is 49.3 Å². The molecule has 8 aromatic carbocycles. The first-order valence-corrected chi connectivity index (χ1v) is 17.8. The van der Waals surface area contributed by atoms with Crippen LogP contribution in [0.15, 0.2) is 200 Å². The molecule has 0 saturated heterocycles. The molecule has 0 N–H and O–H groups in total. The van der Waals surface area contributed by atoms with Crippen molar-refractivity contribution in [1.29, 1.82) is 0 Å². The van der Waals surface area contributed by atoms with E-state index in [1.165, 1.54) is 64.7 Å². The van der Waals surface area contributed by atoms with Gasteiger partial charge in [-0.1, -0.05) is 146 Å².